The summed E-state index contributed by atoms with van der Waals surface area (Å²) in [6.07, 6.45) is 5.37. The average molecular weight is 268 g/mol. The molecule has 0 saturated carbocycles. The van der Waals surface area contributed by atoms with Crippen LogP contribution in [-0.4, -0.2) is 5.91 Å². The normalized spacial score (nSPS) is 9.85. The van der Waals surface area contributed by atoms with Crippen molar-refractivity contribution in [1.82, 2.24) is 0 Å². The molecule has 100 valence electrons. The molecule has 1 amide bonds. The fraction of sp³-hybridized carbons (Fsp3) is 0.0625. The highest BCUT2D eigenvalue weighted by atomic mass is 19.1. The first-order chi connectivity index (χ1) is 9.52. The lowest BCUT2D eigenvalue weighted by Gasteiger charge is -2.08. The highest BCUT2D eigenvalue weighted by Gasteiger charge is 2.14. The van der Waals surface area contributed by atoms with Gasteiger partial charge in [0.1, 0.15) is 0 Å². The monoisotopic (exact) mass is 268 g/mol. The molecule has 0 bridgehead atoms. The first-order valence-corrected chi connectivity index (χ1v) is 5.95. The van der Waals surface area contributed by atoms with E-state index in [4.69, 9.17) is 12.2 Å². The van der Waals surface area contributed by atoms with E-state index in [0.717, 1.165) is 5.56 Å². The predicted molar refractivity (Wildman–Crippen MR) is 77.9 cm³/mol. The summed E-state index contributed by atoms with van der Waals surface area (Å²) in [5.41, 5.74) is 7.39. The molecule has 2 aromatic carbocycles. The Morgan fingerprint density at radius 2 is 2.10 bits per heavy atom. The van der Waals surface area contributed by atoms with Crippen LogP contribution in [0.5, 0.6) is 0 Å². The number of nitrogens with one attached hydrogen (secondary N) is 1. The lowest BCUT2D eigenvalue weighted by atomic mass is 10.1. The Balaban J connectivity index is 2.29. The Bertz CT molecular complexity index is 717. The summed E-state index contributed by atoms with van der Waals surface area (Å²) in [5, 5.41) is 2.60. The number of nitrogen functional groups attached to an aromatic ring is 1. The Kier molecular flexibility index (Phi) is 3.72. The number of hydrogen-bond acceptors (Lipinski definition) is 2. The Hall–Kier alpha value is -2.80. The number of nitrogens with two attached hydrogens (primary N) is 1. The molecule has 0 saturated heterocycles. The maximum atomic E-state index is 13.7. The van der Waals surface area contributed by atoms with Gasteiger partial charge in [0.25, 0.3) is 5.91 Å². The maximum Gasteiger partial charge on any atom is 0.258 e. The predicted octanol–water partition coefficient (Wildman–Crippen LogP) is 2.95. The molecule has 3 N–H and O–H groups in total. The second-order valence-electron chi connectivity index (χ2n) is 4.34. The number of benzene rings is 2. The fourth-order valence-electron chi connectivity index (χ4n) is 1.78. The number of terminal acetylenes is 1. The smallest absolute Gasteiger partial charge is 0.258 e. The molecule has 0 aliphatic rings. The van der Waals surface area contributed by atoms with Crippen LogP contribution in [0.1, 0.15) is 21.5 Å². The van der Waals surface area contributed by atoms with Crippen molar-refractivity contribution in [2.75, 3.05) is 11.1 Å². The van der Waals surface area contributed by atoms with Gasteiger partial charge in [-0.05, 0) is 36.8 Å². The van der Waals surface area contributed by atoms with Gasteiger partial charge >= 0.3 is 0 Å². The molecule has 20 heavy (non-hydrogen) atoms. The zero-order valence-corrected chi connectivity index (χ0v) is 10.9. The molecule has 0 heterocycles. The molecule has 0 aromatic heterocycles. The first kappa shape index (κ1) is 13.6. The van der Waals surface area contributed by atoms with Gasteiger partial charge in [-0.25, -0.2) is 4.39 Å². The van der Waals surface area contributed by atoms with E-state index in [1.807, 2.05) is 6.92 Å². The average Bonchev–Trinajstić information content (AvgIpc) is 2.43. The van der Waals surface area contributed by atoms with Gasteiger partial charge in [0, 0.05) is 11.3 Å². The molecule has 0 fully saturated rings. The van der Waals surface area contributed by atoms with Gasteiger partial charge in [0.15, 0.2) is 5.82 Å². The quantitative estimate of drug-likeness (QED) is 0.650. The van der Waals surface area contributed by atoms with E-state index in [1.165, 1.54) is 18.2 Å². The molecular formula is C16H13FN2O. The molecule has 3 nitrogen and oxygen atoms in total. The highest BCUT2D eigenvalue weighted by molar-refractivity contribution is 6.05. The summed E-state index contributed by atoms with van der Waals surface area (Å²) in [4.78, 5) is 12.0. The van der Waals surface area contributed by atoms with E-state index in [1.54, 1.807) is 18.2 Å². The minimum atomic E-state index is -0.728. The van der Waals surface area contributed by atoms with E-state index in [0.29, 0.717) is 11.3 Å². The molecule has 0 unspecified atom stereocenters. The molecule has 0 radical (unpaired) electrons. The summed E-state index contributed by atoms with van der Waals surface area (Å²) < 4.78 is 13.7. The Morgan fingerprint density at radius 3 is 2.80 bits per heavy atom. The number of rotatable bonds is 2. The van der Waals surface area contributed by atoms with Gasteiger partial charge in [0.05, 0.1) is 11.3 Å². The lowest BCUT2D eigenvalue weighted by Crippen LogP contribution is -2.14. The van der Waals surface area contributed by atoms with Gasteiger partial charge in [-0.1, -0.05) is 18.1 Å². The van der Waals surface area contributed by atoms with Crippen molar-refractivity contribution in [2.45, 2.75) is 6.92 Å². The summed E-state index contributed by atoms with van der Waals surface area (Å²) in [6, 6.07) is 9.46. The third-order valence-corrected chi connectivity index (χ3v) is 2.92. The van der Waals surface area contributed by atoms with E-state index < -0.39 is 11.7 Å². The number of carbonyl (C=O) groups excluding carboxylic acids is 1. The van der Waals surface area contributed by atoms with Crippen LogP contribution >= 0.6 is 0 Å². The third kappa shape index (κ3) is 2.62. The summed E-state index contributed by atoms with van der Waals surface area (Å²) in [6.45, 7) is 1.87. The van der Waals surface area contributed by atoms with Gasteiger partial charge < -0.3 is 11.1 Å². The molecule has 2 rings (SSSR count). The highest BCUT2D eigenvalue weighted by Crippen LogP contribution is 2.18. The number of carbonyl (C=O) groups is 1. The van der Waals surface area contributed by atoms with E-state index in [2.05, 4.69) is 11.2 Å². The van der Waals surface area contributed by atoms with Gasteiger partial charge in [-0.15, -0.1) is 6.42 Å². The zero-order chi connectivity index (χ0) is 14.7. The lowest BCUT2D eigenvalue weighted by molar-refractivity contribution is 0.102. The topological polar surface area (TPSA) is 55.1 Å². The van der Waals surface area contributed by atoms with Crippen molar-refractivity contribution in [1.29, 1.82) is 0 Å². The van der Waals surface area contributed by atoms with E-state index in [-0.39, 0.29) is 11.3 Å². The zero-order valence-electron chi connectivity index (χ0n) is 10.9. The van der Waals surface area contributed by atoms with Crippen molar-refractivity contribution in [3.8, 4) is 12.3 Å². The molecule has 4 heteroatoms. The van der Waals surface area contributed by atoms with Crippen molar-refractivity contribution in [3.63, 3.8) is 0 Å². The van der Waals surface area contributed by atoms with E-state index >= 15 is 0 Å². The van der Waals surface area contributed by atoms with Crippen LogP contribution in [0.25, 0.3) is 0 Å². The van der Waals surface area contributed by atoms with Crippen LogP contribution in [0, 0.1) is 25.1 Å². The second-order valence-corrected chi connectivity index (χ2v) is 4.34. The van der Waals surface area contributed by atoms with Crippen LogP contribution in [0.15, 0.2) is 36.4 Å². The largest absolute Gasteiger partial charge is 0.396 e. The minimum absolute atomic E-state index is 0.0640. The number of amides is 1. The van der Waals surface area contributed by atoms with Crippen LogP contribution in [0.3, 0.4) is 0 Å². The number of halogens is 1. The fourth-order valence-corrected chi connectivity index (χ4v) is 1.78. The number of hydrogen-bond donors (Lipinski definition) is 2. The summed E-state index contributed by atoms with van der Waals surface area (Å²) in [7, 11) is 0. The molecule has 0 spiro atoms. The Morgan fingerprint density at radius 1 is 1.35 bits per heavy atom. The van der Waals surface area contributed by atoms with Gasteiger partial charge in [0.2, 0.25) is 0 Å². The molecule has 2 aromatic rings. The SMILES string of the molecule is C#Cc1cc(NC(=O)c2cccc(N)c2F)ccc1C. The van der Waals surface area contributed by atoms with Crippen LogP contribution in [0.2, 0.25) is 0 Å². The third-order valence-electron chi connectivity index (χ3n) is 2.92. The first-order valence-electron chi connectivity index (χ1n) is 5.95. The van der Waals surface area contributed by atoms with Crippen molar-refractivity contribution < 1.29 is 9.18 Å². The summed E-state index contributed by atoms with van der Waals surface area (Å²) >= 11 is 0. The second kappa shape index (κ2) is 5.45. The minimum Gasteiger partial charge on any atom is -0.396 e. The van der Waals surface area contributed by atoms with Crippen molar-refractivity contribution >= 4 is 17.3 Å². The molecule has 0 aliphatic heterocycles. The number of anilines is 2. The number of aryl methyl sites for hydroxylation is 1. The standard InChI is InChI=1S/C16H13FN2O/c1-3-11-9-12(8-7-10(11)2)19-16(20)13-5-4-6-14(18)15(13)17/h1,4-9H,18H2,2H3,(H,19,20). The molecular weight excluding hydrogens is 255 g/mol. The maximum absolute atomic E-state index is 13.7. The molecule has 0 atom stereocenters. The molecule has 0 aliphatic carbocycles. The van der Waals surface area contributed by atoms with Gasteiger partial charge in [-0.2, -0.15) is 0 Å². The van der Waals surface area contributed by atoms with Crippen LogP contribution < -0.4 is 11.1 Å². The van der Waals surface area contributed by atoms with Crippen molar-refractivity contribution in [3.05, 3.63) is 58.9 Å². The van der Waals surface area contributed by atoms with Gasteiger partial charge in [-0.3, -0.25) is 4.79 Å². The van der Waals surface area contributed by atoms with E-state index in [9.17, 15) is 9.18 Å². The van der Waals surface area contributed by atoms with Crippen LogP contribution in [0.4, 0.5) is 15.8 Å². The van der Waals surface area contributed by atoms with Crippen LogP contribution in [-0.2, 0) is 0 Å². The Labute approximate surface area is 116 Å². The van der Waals surface area contributed by atoms with Crippen molar-refractivity contribution in [2.24, 2.45) is 0 Å². The summed E-state index contributed by atoms with van der Waals surface area (Å²) in [5.74, 6) is 1.23.